The van der Waals surface area contributed by atoms with Crippen LogP contribution in [0.5, 0.6) is 0 Å². The molecule has 0 saturated heterocycles. The Morgan fingerprint density at radius 2 is 1.43 bits per heavy atom. The monoisotopic (exact) mass is 368 g/mol. The zero-order valence-electron chi connectivity index (χ0n) is 17.7. The number of benzene rings is 2. The van der Waals surface area contributed by atoms with E-state index in [-0.39, 0.29) is 10.8 Å². The van der Waals surface area contributed by atoms with Crippen molar-refractivity contribution in [1.82, 2.24) is 4.98 Å². The number of rotatable bonds is 1. The fourth-order valence-corrected chi connectivity index (χ4v) is 5.11. The number of pyridine rings is 1. The Labute approximate surface area is 168 Å². The summed E-state index contributed by atoms with van der Waals surface area (Å²) in [6.45, 7) is 13.9. The Hall–Kier alpha value is -2.61. The number of fused-ring (bicyclic) bond motifs is 4. The molecule has 2 aliphatic heterocycles. The van der Waals surface area contributed by atoms with Gasteiger partial charge in [-0.25, -0.2) is 4.98 Å². The summed E-state index contributed by atoms with van der Waals surface area (Å²) in [4.78, 5) is 7.32. The molecular weight excluding hydrogens is 340 g/mol. The first-order valence-electron chi connectivity index (χ1n) is 10.3. The normalized spacial score (nSPS) is 17.8. The fourth-order valence-electron chi connectivity index (χ4n) is 5.11. The van der Waals surface area contributed by atoms with Crippen LogP contribution in [0.1, 0.15) is 75.3 Å². The van der Waals surface area contributed by atoms with Gasteiger partial charge in [-0.15, -0.1) is 0 Å². The SMILES string of the molecule is CC(C)c1ccc2c(c1)N1c3ncccc3C(C)(C)c3cccc(c31)C2(C)C. The van der Waals surface area contributed by atoms with E-state index in [0.717, 1.165) is 5.82 Å². The lowest BCUT2D eigenvalue weighted by Gasteiger charge is -2.48. The minimum absolute atomic E-state index is 0.0466. The Morgan fingerprint density at radius 1 is 0.786 bits per heavy atom. The second-order valence-electron chi connectivity index (χ2n) is 9.59. The van der Waals surface area contributed by atoms with Crippen molar-refractivity contribution in [3.8, 4) is 0 Å². The summed E-state index contributed by atoms with van der Waals surface area (Å²) in [6.07, 6.45) is 1.92. The van der Waals surface area contributed by atoms with E-state index in [1.807, 2.05) is 6.20 Å². The van der Waals surface area contributed by atoms with E-state index in [0.29, 0.717) is 5.92 Å². The van der Waals surface area contributed by atoms with Gasteiger partial charge in [-0.1, -0.05) is 77.9 Å². The van der Waals surface area contributed by atoms with E-state index >= 15 is 0 Å². The first-order chi connectivity index (χ1) is 13.2. The summed E-state index contributed by atoms with van der Waals surface area (Å²) >= 11 is 0. The minimum atomic E-state index is -0.0747. The van der Waals surface area contributed by atoms with Crippen LogP contribution in [0.15, 0.2) is 54.7 Å². The molecule has 0 aliphatic carbocycles. The van der Waals surface area contributed by atoms with E-state index in [1.54, 1.807) is 0 Å². The molecule has 2 nitrogen and oxygen atoms in total. The number of aromatic nitrogens is 1. The molecule has 3 aromatic rings. The Balaban J connectivity index is 1.93. The zero-order chi connectivity index (χ0) is 19.8. The van der Waals surface area contributed by atoms with Gasteiger partial charge in [0.05, 0.1) is 11.4 Å². The zero-order valence-corrected chi connectivity index (χ0v) is 17.7. The van der Waals surface area contributed by atoms with Crippen molar-refractivity contribution in [2.24, 2.45) is 0 Å². The van der Waals surface area contributed by atoms with Gasteiger partial charge < -0.3 is 0 Å². The molecule has 5 rings (SSSR count). The quantitative estimate of drug-likeness (QED) is 0.462. The number of anilines is 3. The summed E-state index contributed by atoms with van der Waals surface area (Å²) in [5.74, 6) is 1.57. The number of hydrogen-bond acceptors (Lipinski definition) is 2. The Morgan fingerprint density at radius 3 is 2.11 bits per heavy atom. The number of para-hydroxylation sites is 1. The molecule has 0 bridgehead atoms. The van der Waals surface area contributed by atoms with Gasteiger partial charge in [-0.2, -0.15) is 0 Å². The molecule has 0 spiro atoms. The molecule has 0 saturated carbocycles. The lowest BCUT2D eigenvalue weighted by Crippen LogP contribution is -2.38. The van der Waals surface area contributed by atoms with E-state index in [2.05, 4.69) is 95.0 Å². The second kappa shape index (κ2) is 5.47. The smallest absolute Gasteiger partial charge is 0.141 e. The molecule has 0 amide bonds. The van der Waals surface area contributed by atoms with Crippen LogP contribution in [-0.4, -0.2) is 4.98 Å². The van der Waals surface area contributed by atoms with Crippen molar-refractivity contribution in [3.63, 3.8) is 0 Å². The molecular formula is C26H28N2. The molecule has 0 atom stereocenters. The van der Waals surface area contributed by atoms with Crippen LogP contribution in [0.4, 0.5) is 17.2 Å². The van der Waals surface area contributed by atoms with Crippen molar-refractivity contribution in [1.29, 1.82) is 0 Å². The average Bonchev–Trinajstić information content (AvgIpc) is 2.67. The van der Waals surface area contributed by atoms with Gasteiger partial charge >= 0.3 is 0 Å². The average molecular weight is 369 g/mol. The highest BCUT2D eigenvalue weighted by molar-refractivity contribution is 5.91. The third-order valence-electron chi connectivity index (χ3n) is 6.88. The predicted molar refractivity (Wildman–Crippen MR) is 117 cm³/mol. The lowest BCUT2D eigenvalue weighted by molar-refractivity contribution is 0.593. The summed E-state index contributed by atoms with van der Waals surface area (Å²) in [7, 11) is 0. The highest BCUT2D eigenvalue weighted by Gasteiger charge is 2.45. The molecule has 2 heteroatoms. The summed E-state index contributed by atoms with van der Waals surface area (Å²) in [5.41, 5.74) is 9.31. The van der Waals surface area contributed by atoms with Crippen molar-refractivity contribution in [2.75, 3.05) is 4.90 Å². The van der Waals surface area contributed by atoms with E-state index in [1.165, 1.54) is 39.2 Å². The van der Waals surface area contributed by atoms with Gasteiger partial charge in [-0.05, 0) is 40.3 Å². The largest absolute Gasteiger partial charge is 0.294 e. The summed E-state index contributed by atoms with van der Waals surface area (Å²) in [5, 5.41) is 0. The first kappa shape index (κ1) is 17.5. The predicted octanol–water partition coefficient (Wildman–Crippen LogP) is 6.95. The molecule has 142 valence electrons. The molecule has 0 fully saturated rings. The van der Waals surface area contributed by atoms with Crippen LogP contribution in [-0.2, 0) is 10.8 Å². The molecule has 0 N–H and O–H groups in total. The van der Waals surface area contributed by atoms with Gasteiger partial charge in [0, 0.05) is 22.6 Å². The number of hydrogen-bond donors (Lipinski definition) is 0. The van der Waals surface area contributed by atoms with E-state index < -0.39 is 0 Å². The van der Waals surface area contributed by atoms with Crippen molar-refractivity contribution >= 4 is 17.2 Å². The van der Waals surface area contributed by atoms with Gasteiger partial charge in [-0.3, -0.25) is 4.90 Å². The summed E-state index contributed by atoms with van der Waals surface area (Å²) in [6, 6.07) is 18.2. The van der Waals surface area contributed by atoms with Crippen LogP contribution in [0.3, 0.4) is 0 Å². The number of nitrogens with zero attached hydrogens (tertiary/aromatic N) is 2. The highest BCUT2D eigenvalue weighted by Crippen LogP contribution is 2.59. The molecule has 0 unspecified atom stereocenters. The van der Waals surface area contributed by atoms with Crippen LogP contribution in [0, 0.1) is 0 Å². The lowest BCUT2D eigenvalue weighted by atomic mass is 9.67. The van der Waals surface area contributed by atoms with Gasteiger partial charge in [0.15, 0.2) is 0 Å². The molecule has 3 heterocycles. The Bertz CT molecular complexity index is 1090. The van der Waals surface area contributed by atoms with E-state index in [9.17, 15) is 0 Å². The molecule has 28 heavy (non-hydrogen) atoms. The van der Waals surface area contributed by atoms with Crippen LogP contribution >= 0.6 is 0 Å². The van der Waals surface area contributed by atoms with Crippen molar-refractivity contribution in [2.45, 2.75) is 58.3 Å². The minimum Gasteiger partial charge on any atom is -0.294 e. The van der Waals surface area contributed by atoms with Gasteiger partial charge in [0.2, 0.25) is 0 Å². The fraction of sp³-hybridized carbons (Fsp3) is 0.346. The van der Waals surface area contributed by atoms with Gasteiger partial charge in [0.25, 0.3) is 0 Å². The van der Waals surface area contributed by atoms with Crippen molar-refractivity contribution < 1.29 is 0 Å². The standard InChI is InChI=1S/C26H28N2/c1-16(2)17-12-13-18-22(15-17)28-23-19(25(18,3)4)9-7-10-20(23)26(5,6)21-11-8-14-27-24(21)28/h7-16H,1-6H3. The third-order valence-corrected chi connectivity index (χ3v) is 6.88. The molecule has 1 aromatic heterocycles. The maximum Gasteiger partial charge on any atom is 0.141 e. The van der Waals surface area contributed by atoms with Crippen LogP contribution < -0.4 is 4.90 Å². The molecule has 2 aromatic carbocycles. The maximum absolute atomic E-state index is 4.89. The van der Waals surface area contributed by atoms with E-state index in [4.69, 9.17) is 4.98 Å². The second-order valence-corrected chi connectivity index (χ2v) is 9.59. The van der Waals surface area contributed by atoms with Gasteiger partial charge in [0.1, 0.15) is 5.82 Å². The topological polar surface area (TPSA) is 16.1 Å². The highest BCUT2D eigenvalue weighted by atomic mass is 15.2. The summed E-state index contributed by atoms with van der Waals surface area (Å²) < 4.78 is 0. The maximum atomic E-state index is 4.89. The molecule has 2 aliphatic rings. The van der Waals surface area contributed by atoms with Crippen LogP contribution in [0.25, 0.3) is 0 Å². The Kier molecular flexibility index (Phi) is 3.42. The molecule has 0 radical (unpaired) electrons. The first-order valence-corrected chi connectivity index (χ1v) is 10.3. The van der Waals surface area contributed by atoms with Crippen LogP contribution in [0.2, 0.25) is 0 Å². The van der Waals surface area contributed by atoms with Crippen molar-refractivity contribution in [3.05, 3.63) is 82.5 Å². The third kappa shape index (κ3) is 2.06.